The Balaban J connectivity index is 0.000000200. The fourth-order valence-corrected chi connectivity index (χ4v) is 8.81. The number of nitrogens with zero attached hydrogens (tertiary/aromatic N) is 2. The molecule has 0 radical (unpaired) electrons. The predicted molar refractivity (Wildman–Crippen MR) is 151 cm³/mol. The van der Waals surface area contributed by atoms with Crippen LogP contribution in [0.3, 0.4) is 0 Å². The van der Waals surface area contributed by atoms with Crippen LogP contribution in [0.25, 0.3) is 0 Å². The van der Waals surface area contributed by atoms with Gasteiger partial charge in [0.2, 0.25) is 5.91 Å². The van der Waals surface area contributed by atoms with Gasteiger partial charge in [-0.1, -0.05) is 6.08 Å². The predicted octanol–water partition coefficient (Wildman–Crippen LogP) is 0.259. The minimum absolute atomic E-state index is 0.0128. The van der Waals surface area contributed by atoms with E-state index in [1.807, 2.05) is 0 Å². The van der Waals surface area contributed by atoms with Crippen LogP contribution in [0.5, 0.6) is 11.5 Å². The lowest BCUT2D eigenvalue weighted by Gasteiger charge is -2.56. The minimum atomic E-state index is -1.34. The highest BCUT2D eigenvalue weighted by atomic mass is 16.6. The summed E-state index contributed by atoms with van der Waals surface area (Å²) in [7, 11) is 4.37. The molecule has 1 unspecified atom stereocenters. The third-order valence-corrected chi connectivity index (χ3v) is 10.3. The van der Waals surface area contributed by atoms with Crippen LogP contribution in [0.2, 0.25) is 0 Å². The Hall–Kier alpha value is -4.00. The molecule has 3 saturated heterocycles. The second kappa shape index (κ2) is 10.9. The van der Waals surface area contributed by atoms with E-state index in [4.69, 9.17) is 19.3 Å². The van der Waals surface area contributed by atoms with Crippen molar-refractivity contribution in [2.24, 2.45) is 11.8 Å². The number of quaternary nitrogens is 1. The van der Waals surface area contributed by atoms with Crippen LogP contribution in [0.1, 0.15) is 35.2 Å². The Labute approximate surface area is 248 Å². The van der Waals surface area contributed by atoms with Crippen molar-refractivity contribution in [3.05, 3.63) is 69.3 Å². The molecular formula is C31H35N3O9. The standard InChI is InChI=1S/C23H26N2O4.C7H5NO4.CH4O/c1-27-16-8-14-15(9-17(16)28-2)25-20(26)10-18-21-13-7-19-23(14,22(21)25)4-5-24(19)11-12(13)3-6-29-18;9-7(10)5-1-3-6(4-2-5)8(11)12;1-2/h3,8-9,13,18-19,21-22H,4-7,10-11H2,1-2H3;1-4H,(H,9,10);2H,1H3/t13-,18-,19-,21-,22-,23+;;/m0../s1. The number of methoxy groups -OCH3 is 2. The Morgan fingerprint density at radius 3 is 2.51 bits per heavy atom. The molecule has 2 bridgehead atoms. The van der Waals surface area contributed by atoms with Gasteiger partial charge in [0.25, 0.3) is 5.69 Å². The molecule has 12 heteroatoms. The van der Waals surface area contributed by atoms with Gasteiger partial charge in [0, 0.05) is 44.1 Å². The molecule has 5 heterocycles. The largest absolute Gasteiger partial charge is 0.545 e. The van der Waals surface area contributed by atoms with Gasteiger partial charge in [0.05, 0.1) is 74.5 Å². The molecule has 2 N–H and O–H groups in total. The molecule has 2 aromatic rings. The maximum Gasteiger partial charge on any atom is 0.269 e. The first-order chi connectivity index (χ1) is 20.8. The SMILES string of the molecule is CO.COc1cc2c(cc1OC)[C@@]13CC[NH+]4CC5=CCO[C@H]6CC(=O)N2[C@H]1[C@H]6[C@H]5C[C@H]43.O=C([O-])c1ccc([N+](=O)[O-])cc1. The number of ether oxygens (including phenoxy) is 3. The molecule has 6 aliphatic rings. The number of benzene rings is 2. The van der Waals surface area contributed by atoms with Crippen LogP contribution in [-0.2, 0) is 14.9 Å². The lowest BCUT2D eigenvalue weighted by molar-refractivity contribution is -0.916. The van der Waals surface area contributed by atoms with Crippen LogP contribution >= 0.6 is 0 Å². The van der Waals surface area contributed by atoms with E-state index in [9.17, 15) is 24.8 Å². The number of hydrogen-bond acceptors (Lipinski definition) is 9. The zero-order valence-corrected chi connectivity index (χ0v) is 24.3. The van der Waals surface area contributed by atoms with Gasteiger partial charge in [0.15, 0.2) is 11.5 Å². The summed E-state index contributed by atoms with van der Waals surface area (Å²) < 4.78 is 17.6. The maximum absolute atomic E-state index is 13.5. The number of non-ortho nitro benzene ring substituents is 1. The highest BCUT2D eigenvalue weighted by molar-refractivity contribution is 5.99. The second-order valence-corrected chi connectivity index (χ2v) is 11.7. The number of fused-ring (bicyclic) bond motifs is 2. The van der Waals surface area contributed by atoms with E-state index in [-0.39, 0.29) is 34.7 Å². The third-order valence-electron chi connectivity index (χ3n) is 10.3. The van der Waals surface area contributed by atoms with Gasteiger partial charge >= 0.3 is 0 Å². The van der Waals surface area contributed by atoms with E-state index in [2.05, 4.69) is 23.1 Å². The molecule has 5 aliphatic heterocycles. The van der Waals surface area contributed by atoms with Crippen molar-refractivity contribution in [3.8, 4) is 11.5 Å². The number of aromatic carboxylic acids is 1. The number of rotatable bonds is 4. The van der Waals surface area contributed by atoms with Gasteiger partial charge in [-0.15, -0.1) is 0 Å². The molecule has 1 spiro atoms. The summed E-state index contributed by atoms with van der Waals surface area (Å²) in [6, 6.07) is 9.49. The van der Waals surface area contributed by atoms with Crippen LogP contribution < -0.4 is 24.4 Å². The summed E-state index contributed by atoms with van der Waals surface area (Å²) in [5.41, 5.74) is 3.75. The number of aliphatic hydroxyl groups is 1. The highest BCUT2D eigenvalue weighted by Crippen LogP contribution is 2.63. The molecule has 0 aromatic heterocycles. The van der Waals surface area contributed by atoms with E-state index in [0.717, 1.165) is 55.8 Å². The number of aliphatic hydroxyl groups excluding tert-OH is 1. The van der Waals surface area contributed by atoms with Crippen molar-refractivity contribution >= 4 is 23.3 Å². The van der Waals surface area contributed by atoms with E-state index in [1.54, 1.807) is 24.7 Å². The van der Waals surface area contributed by atoms with Gasteiger partial charge in [-0.3, -0.25) is 14.9 Å². The zero-order valence-electron chi connectivity index (χ0n) is 24.3. The Bertz CT molecular complexity index is 1460. The van der Waals surface area contributed by atoms with Crippen molar-refractivity contribution in [2.45, 2.75) is 42.9 Å². The summed E-state index contributed by atoms with van der Waals surface area (Å²) in [6.07, 6.45) is 5.22. The monoisotopic (exact) mass is 593 g/mol. The smallest absolute Gasteiger partial charge is 0.269 e. The number of nitrogens with one attached hydrogen (secondary N) is 1. The number of nitro benzene ring substituents is 1. The van der Waals surface area contributed by atoms with Gasteiger partial charge in [-0.05, 0) is 40.8 Å². The second-order valence-electron chi connectivity index (χ2n) is 11.7. The van der Waals surface area contributed by atoms with Crippen LogP contribution in [0, 0.1) is 22.0 Å². The molecule has 12 nitrogen and oxygen atoms in total. The van der Waals surface area contributed by atoms with Crippen molar-refractivity contribution in [1.29, 1.82) is 0 Å². The number of carbonyl (C=O) groups excluding carboxylic acids is 2. The summed E-state index contributed by atoms with van der Waals surface area (Å²) in [4.78, 5) is 37.0. The van der Waals surface area contributed by atoms with Crippen LogP contribution in [0.4, 0.5) is 11.4 Å². The molecular weight excluding hydrogens is 558 g/mol. The minimum Gasteiger partial charge on any atom is -0.545 e. The lowest BCUT2D eigenvalue weighted by atomic mass is 9.53. The summed E-state index contributed by atoms with van der Waals surface area (Å²) in [5.74, 6) is 1.29. The van der Waals surface area contributed by atoms with Gasteiger partial charge in [0.1, 0.15) is 6.04 Å². The van der Waals surface area contributed by atoms with Crippen LogP contribution in [-0.4, -0.2) is 81.1 Å². The topological polar surface area (TPSA) is 156 Å². The highest BCUT2D eigenvalue weighted by Gasteiger charge is 2.73. The first kappa shape index (κ1) is 29.1. The molecule has 7 atom stereocenters. The fourth-order valence-electron chi connectivity index (χ4n) is 8.81. The number of carboxylic acid groups (broad SMARTS) is 1. The summed E-state index contributed by atoms with van der Waals surface area (Å²) in [5, 5.41) is 27.3. The van der Waals surface area contributed by atoms with Gasteiger partial charge in [-0.25, -0.2) is 0 Å². The number of carboxylic acids is 1. The molecule has 1 amide bonds. The Morgan fingerprint density at radius 1 is 1.16 bits per heavy atom. The maximum atomic E-state index is 13.5. The third kappa shape index (κ3) is 4.22. The van der Waals surface area contributed by atoms with Crippen molar-refractivity contribution in [1.82, 2.24) is 0 Å². The number of anilines is 1. The van der Waals surface area contributed by atoms with E-state index >= 15 is 0 Å². The molecule has 2 aromatic carbocycles. The normalized spacial score (nSPS) is 31.7. The molecule has 1 aliphatic carbocycles. The quantitative estimate of drug-likeness (QED) is 0.288. The average Bonchev–Trinajstić information content (AvgIpc) is 3.49. The fraction of sp³-hybridized carbons (Fsp3) is 0.484. The van der Waals surface area contributed by atoms with E-state index < -0.39 is 10.9 Å². The number of nitro groups is 1. The van der Waals surface area contributed by atoms with Crippen molar-refractivity contribution in [2.75, 3.05) is 45.9 Å². The van der Waals surface area contributed by atoms with Gasteiger partial charge < -0.3 is 39.0 Å². The van der Waals surface area contributed by atoms with Crippen LogP contribution in [0.15, 0.2) is 48.0 Å². The number of carbonyl (C=O) groups is 2. The number of amides is 1. The first-order valence-corrected chi connectivity index (χ1v) is 14.4. The molecule has 43 heavy (non-hydrogen) atoms. The molecule has 8 rings (SSSR count). The summed E-state index contributed by atoms with van der Waals surface area (Å²) in [6.45, 7) is 2.98. The number of hydrogen-bond donors (Lipinski definition) is 2. The number of piperidine rings is 2. The molecule has 228 valence electrons. The Kier molecular flexibility index (Phi) is 7.39. The molecule has 4 fully saturated rings. The summed E-state index contributed by atoms with van der Waals surface area (Å²) >= 11 is 0. The average molecular weight is 594 g/mol. The zero-order chi connectivity index (χ0) is 30.6. The van der Waals surface area contributed by atoms with E-state index in [1.165, 1.54) is 18.5 Å². The van der Waals surface area contributed by atoms with Gasteiger partial charge in [-0.2, -0.15) is 0 Å². The lowest BCUT2D eigenvalue weighted by Crippen LogP contribution is -3.16. The Morgan fingerprint density at radius 2 is 1.86 bits per heavy atom. The van der Waals surface area contributed by atoms with Crippen molar-refractivity contribution < 1.29 is 43.8 Å². The van der Waals surface area contributed by atoms with Crippen molar-refractivity contribution in [3.63, 3.8) is 0 Å². The first-order valence-electron chi connectivity index (χ1n) is 14.4. The van der Waals surface area contributed by atoms with E-state index in [0.29, 0.717) is 36.7 Å². The molecule has 1 saturated carbocycles.